The lowest BCUT2D eigenvalue weighted by Crippen LogP contribution is -2.51. The van der Waals surface area contributed by atoms with E-state index in [1.807, 2.05) is 26.0 Å². The molecular weight excluding hydrogens is 302 g/mol. The first kappa shape index (κ1) is 16.8. The van der Waals surface area contributed by atoms with E-state index in [4.69, 9.17) is 11.6 Å². The van der Waals surface area contributed by atoms with Crippen LogP contribution < -0.4 is 16.0 Å². The maximum atomic E-state index is 12.0. The number of anilines is 1. The molecule has 1 saturated heterocycles. The third-order valence-electron chi connectivity index (χ3n) is 3.72. The average molecular weight is 324 g/mol. The van der Waals surface area contributed by atoms with Crippen LogP contribution in [0.1, 0.15) is 31.7 Å². The van der Waals surface area contributed by atoms with E-state index in [2.05, 4.69) is 16.0 Å². The topological polar surface area (TPSA) is 70.2 Å². The van der Waals surface area contributed by atoms with Crippen molar-refractivity contribution >= 4 is 29.1 Å². The van der Waals surface area contributed by atoms with Crippen LogP contribution in [0.25, 0.3) is 0 Å². The maximum absolute atomic E-state index is 12.0. The molecule has 2 amide bonds. The average Bonchev–Trinajstić information content (AvgIpc) is 2.45. The quantitative estimate of drug-likeness (QED) is 0.778. The van der Waals surface area contributed by atoms with Crippen molar-refractivity contribution in [1.82, 2.24) is 10.6 Å². The van der Waals surface area contributed by atoms with Gasteiger partial charge < -0.3 is 16.0 Å². The van der Waals surface area contributed by atoms with Crippen LogP contribution >= 0.6 is 11.6 Å². The fraction of sp³-hybridized carbons (Fsp3) is 0.500. The molecule has 0 bridgehead atoms. The number of benzene rings is 1. The molecule has 0 unspecified atom stereocenters. The molecule has 0 radical (unpaired) electrons. The van der Waals surface area contributed by atoms with Crippen molar-refractivity contribution in [3.8, 4) is 0 Å². The third-order valence-corrected chi connectivity index (χ3v) is 4.13. The Labute approximate surface area is 135 Å². The highest BCUT2D eigenvalue weighted by molar-refractivity contribution is 6.31. The summed E-state index contributed by atoms with van der Waals surface area (Å²) >= 11 is 6.04. The van der Waals surface area contributed by atoms with Crippen molar-refractivity contribution in [2.24, 2.45) is 0 Å². The molecule has 120 valence electrons. The molecule has 5 nitrogen and oxygen atoms in total. The standard InChI is InChI=1S/C16H22ClN3O2/c1-10-5-6-12(9-13(10)17)20-15(21)8-11(2)19-14-4-3-7-18-16(14)22/h5-6,9,11,14,19H,3-4,7-8H2,1-2H3,(H,18,22)(H,20,21)/t11-,14+/m0/s1. The fourth-order valence-corrected chi connectivity index (χ4v) is 2.67. The Bertz CT molecular complexity index is 562. The van der Waals surface area contributed by atoms with Crippen molar-refractivity contribution in [1.29, 1.82) is 0 Å². The molecule has 0 aliphatic carbocycles. The summed E-state index contributed by atoms with van der Waals surface area (Å²) in [6.45, 7) is 4.55. The van der Waals surface area contributed by atoms with Crippen LogP contribution in [-0.4, -0.2) is 30.4 Å². The number of carbonyl (C=O) groups is 2. The lowest BCUT2D eigenvalue weighted by Gasteiger charge is -2.26. The second kappa shape index (κ2) is 7.61. The zero-order valence-corrected chi connectivity index (χ0v) is 13.7. The predicted octanol–water partition coefficient (Wildman–Crippen LogP) is 2.23. The molecule has 1 aliphatic heterocycles. The van der Waals surface area contributed by atoms with Gasteiger partial charge in [0.2, 0.25) is 11.8 Å². The zero-order chi connectivity index (χ0) is 16.1. The summed E-state index contributed by atoms with van der Waals surface area (Å²) < 4.78 is 0. The molecule has 0 aromatic heterocycles. The number of aryl methyl sites for hydroxylation is 1. The molecule has 1 heterocycles. The Balaban J connectivity index is 1.83. The van der Waals surface area contributed by atoms with E-state index < -0.39 is 0 Å². The van der Waals surface area contributed by atoms with E-state index in [0.29, 0.717) is 17.1 Å². The van der Waals surface area contributed by atoms with Crippen LogP contribution in [0.4, 0.5) is 5.69 Å². The molecule has 1 fully saturated rings. The highest BCUT2D eigenvalue weighted by Crippen LogP contribution is 2.20. The molecule has 0 saturated carbocycles. The van der Waals surface area contributed by atoms with Crippen LogP contribution in [0.5, 0.6) is 0 Å². The minimum atomic E-state index is -0.203. The number of halogens is 1. The molecule has 1 aromatic carbocycles. The van der Waals surface area contributed by atoms with Crippen LogP contribution in [0, 0.1) is 6.92 Å². The largest absolute Gasteiger partial charge is 0.355 e. The van der Waals surface area contributed by atoms with Crippen molar-refractivity contribution in [3.63, 3.8) is 0 Å². The summed E-state index contributed by atoms with van der Waals surface area (Å²) in [5, 5.41) is 9.49. The number of rotatable bonds is 5. The van der Waals surface area contributed by atoms with E-state index in [0.717, 1.165) is 24.9 Å². The fourth-order valence-electron chi connectivity index (χ4n) is 2.49. The van der Waals surface area contributed by atoms with Crippen molar-refractivity contribution in [2.45, 2.75) is 45.2 Å². The molecule has 1 aliphatic rings. The first-order valence-electron chi connectivity index (χ1n) is 7.55. The van der Waals surface area contributed by atoms with Crippen LogP contribution in [0.3, 0.4) is 0 Å². The van der Waals surface area contributed by atoms with Crippen molar-refractivity contribution in [3.05, 3.63) is 28.8 Å². The van der Waals surface area contributed by atoms with Gasteiger partial charge in [-0.15, -0.1) is 0 Å². The number of amides is 2. The minimum Gasteiger partial charge on any atom is -0.355 e. The molecule has 3 N–H and O–H groups in total. The van der Waals surface area contributed by atoms with E-state index in [1.54, 1.807) is 6.07 Å². The molecule has 0 spiro atoms. The summed E-state index contributed by atoms with van der Waals surface area (Å²) in [6, 6.07) is 5.15. The number of hydrogen-bond donors (Lipinski definition) is 3. The normalized spacial score (nSPS) is 19.4. The Morgan fingerprint density at radius 2 is 2.27 bits per heavy atom. The smallest absolute Gasteiger partial charge is 0.237 e. The molecule has 2 atom stereocenters. The lowest BCUT2D eigenvalue weighted by molar-refractivity contribution is -0.125. The minimum absolute atomic E-state index is 0.0174. The van der Waals surface area contributed by atoms with E-state index in [9.17, 15) is 9.59 Å². The molecular formula is C16H22ClN3O2. The number of nitrogens with one attached hydrogen (secondary N) is 3. The van der Waals surface area contributed by atoms with E-state index in [1.165, 1.54) is 0 Å². The third kappa shape index (κ3) is 4.71. The molecule has 1 aromatic rings. The second-order valence-electron chi connectivity index (χ2n) is 5.77. The Hall–Kier alpha value is -1.59. The maximum Gasteiger partial charge on any atom is 0.237 e. The van der Waals surface area contributed by atoms with Gasteiger partial charge in [0.25, 0.3) is 0 Å². The molecule has 22 heavy (non-hydrogen) atoms. The van der Waals surface area contributed by atoms with Gasteiger partial charge in [0.05, 0.1) is 6.04 Å². The first-order chi connectivity index (χ1) is 10.5. The van der Waals surface area contributed by atoms with Gasteiger partial charge in [-0.25, -0.2) is 0 Å². The summed E-state index contributed by atoms with van der Waals surface area (Å²) in [5.41, 5.74) is 1.65. The van der Waals surface area contributed by atoms with Gasteiger partial charge in [-0.2, -0.15) is 0 Å². The van der Waals surface area contributed by atoms with Gasteiger partial charge in [-0.3, -0.25) is 9.59 Å². The van der Waals surface area contributed by atoms with E-state index >= 15 is 0 Å². The molecule has 2 rings (SSSR count). The highest BCUT2D eigenvalue weighted by atomic mass is 35.5. The highest BCUT2D eigenvalue weighted by Gasteiger charge is 2.23. The van der Waals surface area contributed by atoms with Crippen LogP contribution in [0.15, 0.2) is 18.2 Å². The van der Waals surface area contributed by atoms with Gasteiger partial charge >= 0.3 is 0 Å². The van der Waals surface area contributed by atoms with Gasteiger partial charge in [0.15, 0.2) is 0 Å². The predicted molar refractivity (Wildman–Crippen MR) is 88.1 cm³/mol. The number of piperidine rings is 1. The number of hydrogen-bond acceptors (Lipinski definition) is 3. The van der Waals surface area contributed by atoms with E-state index in [-0.39, 0.29) is 23.9 Å². The Morgan fingerprint density at radius 1 is 1.50 bits per heavy atom. The van der Waals surface area contributed by atoms with Gasteiger partial charge in [0, 0.05) is 29.7 Å². The van der Waals surface area contributed by atoms with Crippen molar-refractivity contribution in [2.75, 3.05) is 11.9 Å². The molecule has 6 heteroatoms. The number of carbonyl (C=O) groups excluding carboxylic acids is 2. The summed E-state index contributed by atoms with van der Waals surface area (Å²) in [6.07, 6.45) is 2.07. The SMILES string of the molecule is Cc1ccc(NC(=O)C[C@H](C)N[C@@H]2CCCNC2=O)cc1Cl. The monoisotopic (exact) mass is 323 g/mol. The Kier molecular flexibility index (Phi) is 5.80. The van der Waals surface area contributed by atoms with Gasteiger partial charge in [-0.1, -0.05) is 17.7 Å². The first-order valence-corrected chi connectivity index (χ1v) is 7.93. The summed E-state index contributed by atoms with van der Waals surface area (Å²) in [4.78, 5) is 23.7. The zero-order valence-electron chi connectivity index (χ0n) is 12.9. The second-order valence-corrected chi connectivity index (χ2v) is 6.18. The summed E-state index contributed by atoms with van der Waals surface area (Å²) in [5.74, 6) is -0.0834. The van der Waals surface area contributed by atoms with Crippen LogP contribution in [0.2, 0.25) is 5.02 Å². The van der Waals surface area contributed by atoms with Crippen LogP contribution in [-0.2, 0) is 9.59 Å². The van der Waals surface area contributed by atoms with Crippen molar-refractivity contribution < 1.29 is 9.59 Å². The summed E-state index contributed by atoms with van der Waals surface area (Å²) in [7, 11) is 0. The lowest BCUT2D eigenvalue weighted by atomic mass is 10.0. The van der Waals surface area contributed by atoms with Gasteiger partial charge in [-0.05, 0) is 44.4 Å². The van der Waals surface area contributed by atoms with Gasteiger partial charge in [0.1, 0.15) is 0 Å². The Morgan fingerprint density at radius 3 is 2.95 bits per heavy atom.